The van der Waals surface area contributed by atoms with Crippen molar-refractivity contribution in [3.05, 3.63) is 160 Å². The largest absolute Gasteiger partial charge is 0.494 e. The first-order valence-electron chi connectivity index (χ1n) is 18.9. The molecular formula is C47H45NO6. The van der Waals surface area contributed by atoms with Crippen molar-refractivity contribution >= 4 is 28.9 Å². The summed E-state index contributed by atoms with van der Waals surface area (Å²) in [5.74, 6) is 0.516. The van der Waals surface area contributed by atoms with E-state index < -0.39 is 11.9 Å². The van der Waals surface area contributed by atoms with Gasteiger partial charge < -0.3 is 19.1 Å². The molecule has 5 aromatic carbocycles. The first-order valence-corrected chi connectivity index (χ1v) is 18.9. The standard InChI is InChI=1S/C47H45NO6/c1-32-10-14-35(15-11-32)46(50)53-40-9-6-8-37(30-40)42-24-20-38-31-41(54-47(51)36-16-12-33(2)13-17-36)23-25-43(38)44(42)45(49)34-18-21-39(22-19-34)52-29-7-28-48-26-4-3-5-27-48/h6,8-19,21-23,25,30-31H,3-5,7,20,24,26-29H2,1-2H3. The molecule has 0 N–H and O–H groups in total. The van der Waals surface area contributed by atoms with Gasteiger partial charge in [-0.15, -0.1) is 0 Å². The minimum atomic E-state index is -0.451. The number of hydrogen-bond donors (Lipinski definition) is 0. The summed E-state index contributed by atoms with van der Waals surface area (Å²) in [4.78, 5) is 43.0. The molecule has 54 heavy (non-hydrogen) atoms. The van der Waals surface area contributed by atoms with Crippen molar-refractivity contribution in [2.24, 2.45) is 0 Å². The van der Waals surface area contributed by atoms with Crippen LogP contribution >= 0.6 is 0 Å². The molecule has 1 saturated heterocycles. The van der Waals surface area contributed by atoms with Gasteiger partial charge in [0.05, 0.1) is 17.7 Å². The number of carbonyl (C=O) groups excluding carboxylic acids is 3. The number of piperidine rings is 1. The van der Waals surface area contributed by atoms with Crippen molar-refractivity contribution < 1.29 is 28.6 Å². The van der Waals surface area contributed by atoms with Gasteiger partial charge in [-0.3, -0.25) is 4.79 Å². The van der Waals surface area contributed by atoms with Crippen LogP contribution in [0.25, 0.3) is 11.1 Å². The van der Waals surface area contributed by atoms with E-state index in [1.165, 1.54) is 32.4 Å². The maximum Gasteiger partial charge on any atom is 0.343 e. The molecule has 7 heteroatoms. The van der Waals surface area contributed by atoms with Crippen LogP contribution in [0.3, 0.4) is 0 Å². The molecule has 0 saturated carbocycles. The van der Waals surface area contributed by atoms with E-state index in [1.54, 1.807) is 36.4 Å². The average Bonchev–Trinajstić information content (AvgIpc) is 3.20. The molecule has 0 bridgehead atoms. The highest BCUT2D eigenvalue weighted by Crippen LogP contribution is 2.41. The topological polar surface area (TPSA) is 82.1 Å². The zero-order valence-corrected chi connectivity index (χ0v) is 30.9. The normalized spacial score (nSPS) is 14.3. The van der Waals surface area contributed by atoms with Gasteiger partial charge in [0, 0.05) is 17.7 Å². The van der Waals surface area contributed by atoms with Crippen molar-refractivity contribution in [1.29, 1.82) is 0 Å². The van der Waals surface area contributed by atoms with Crippen LogP contribution in [0.5, 0.6) is 17.2 Å². The molecule has 1 aliphatic carbocycles. The third-order valence-corrected chi connectivity index (χ3v) is 10.1. The summed E-state index contributed by atoms with van der Waals surface area (Å²) < 4.78 is 17.6. The number of likely N-dealkylation sites (tertiary alicyclic amines) is 1. The highest BCUT2D eigenvalue weighted by Gasteiger charge is 2.27. The summed E-state index contributed by atoms with van der Waals surface area (Å²) >= 11 is 0. The summed E-state index contributed by atoms with van der Waals surface area (Å²) in [6.45, 7) is 7.92. The van der Waals surface area contributed by atoms with Gasteiger partial charge in [-0.1, -0.05) is 60.0 Å². The Hall–Kier alpha value is -5.79. The number of ether oxygens (including phenoxy) is 3. The van der Waals surface area contributed by atoms with E-state index in [0.717, 1.165) is 52.1 Å². The van der Waals surface area contributed by atoms with Crippen molar-refractivity contribution in [2.75, 3.05) is 26.2 Å². The lowest BCUT2D eigenvalue weighted by Gasteiger charge is -2.26. The van der Waals surface area contributed by atoms with Crippen LogP contribution in [0.2, 0.25) is 0 Å². The molecule has 1 heterocycles. The molecule has 0 atom stereocenters. The lowest BCUT2D eigenvalue weighted by atomic mass is 9.79. The molecule has 0 spiro atoms. The molecule has 2 aliphatic rings. The molecule has 5 aromatic rings. The Balaban J connectivity index is 1.15. The van der Waals surface area contributed by atoms with Gasteiger partial charge >= 0.3 is 11.9 Å². The van der Waals surface area contributed by atoms with Gasteiger partial charge in [0.2, 0.25) is 0 Å². The van der Waals surface area contributed by atoms with E-state index >= 15 is 0 Å². The molecule has 0 amide bonds. The van der Waals surface area contributed by atoms with E-state index in [2.05, 4.69) is 4.90 Å². The maximum absolute atomic E-state index is 14.6. The van der Waals surface area contributed by atoms with Crippen LogP contribution in [0.1, 0.15) is 91.0 Å². The molecule has 0 radical (unpaired) electrons. The van der Waals surface area contributed by atoms with Crippen LogP contribution in [0, 0.1) is 13.8 Å². The minimum absolute atomic E-state index is 0.131. The van der Waals surface area contributed by atoms with Crippen molar-refractivity contribution in [2.45, 2.75) is 52.4 Å². The Morgan fingerprint density at radius 2 is 1.20 bits per heavy atom. The second kappa shape index (κ2) is 16.9. The number of benzene rings is 5. The Morgan fingerprint density at radius 1 is 0.611 bits per heavy atom. The SMILES string of the molecule is Cc1ccc(C(=O)Oc2cccc(C3=C(C(=O)c4ccc(OCCCN5CCCCC5)cc4)c4ccc(OC(=O)c5ccc(C)cc5)cc4CC3)c2)cc1. The number of carbonyl (C=O) groups is 3. The predicted octanol–water partition coefficient (Wildman–Crippen LogP) is 9.74. The van der Waals surface area contributed by atoms with E-state index in [9.17, 15) is 14.4 Å². The fourth-order valence-electron chi connectivity index (χ4n) is 7.15. The molecule has 1 aliphatic heterocycles. The molecule has 7 rings (SSSR count). The molecule has 0 aromatic heterocycles. The number of esters is 2. The zero-order valence-electron chi connectivity index (χ0n) is 30.9. The number of hydrogen-bond acceptors (Lipinski definition) is 7. The molecule has 1 fully saturated rings. The number of allylic oxidation sites excluding steroid dienone is 2. The highest BCUT2D eigenvalue weighted by atomic mass is 16.5. The molecule has 0 unspecified atom stereocenters. The van der Waals surface area contributed by atoms with Crippen molar-refractivity contribution in [1.82, 2.24) is 4.90 Å². The van der Waals surface area contributed by atoms with Crippen LogP contribution in [-0.4, -0.2) is 48.9 Å². The van der Waals surface area contributed by atoms with Crippen molar-refractivity contribution in [3.8, 4) is 17.2 Å². The highest BCUT2D eigenvalue weighted by molar-refractivity contribution is 6.35. The van der Waals surface area contributed by atoms with E-state index in [-0.39, 0.29) is 5.78 Å². The van der Waals surface area contributed by atoms with E-state index in [0.29, 0.717) is 53.2 Å². The fraction of sp³-hybridized carbons (Fsp3) is 0.255. The first kappa shape index (κ1) is 36.6. The Bertz CT molecular complexity index is 2160. The van der Waals surface area contributed by atoms with Crippen LogP contribution < -0.4 is 14.2 Å². The summed E-state index contributed by atoms with van der Waals surface area (Å²) in [5.41, 5.74) is 7.46. The Labute approximate surface area is 317 Å². The van der Waals surface area contributed by atoms with Gasteiger partial charge in [0.1, 0.15) is 17.2 Å². The molecule has 7 nitrogen and oxygen atoms in total. The summed E-state index contributed by atoms with van der Waals surface area (Å²) in [6.07, 6.45) is 5.99. The van der Waals surface area contributed by atoms with Crippen molar-refractivity contribution in [3.63, 3.8) is 0 Å². The number of nitrogens with zero attached hydrogens (tertiary/aromatic N) is 1. The monoisotopic (exact) mass is 719 g/mol. The lowest BCUT2D eigenvalue weighted by molar-refractivity contribution is 0.0725. The van der Waals surface area contributed by atoms with Gasteiger partial charge in [-0.2, -0.15) is 0 Å². The van der Waals surface area contributed by atoms with Gasteiger partial charge in [0.15, 0.2) is 5.78 Å². The minimum Gasteiger partial charge on any atom is -0.494 e. The maximum atomic E-state index is 14.6. The van der Waals surface area contributed by atoms with Gasteiger partial charge in [-0.25, -0.2) is 9.59 Å². The van der Waals surface area contributed by atoms with Crippen LogP contribution in [0.4, 0.5) is 0 Å². The third-order valence-electron chi connectivity index (χ3n) is 10.1. The summed E-state index contributed by atoms with van der Waals surface area (Å²) in [5, 5.41) is 0. The second-order valence-electron chi connectivity index (χ2n) is 14.2. The molecule has 274 valence electrons. The smallest absolute Gasteiger partial charge is 0.343 e. The lowest BCUT2D eigenvalue weighted by Crippen LogP contribution is -2.31. The first-order chi connectivity index (χ1) is 26.3. The number of Topliss-reactive ketones (excluding diaryl/α,β-unsaturated/α-hetero) is 1. The van der Waals surface area contributed by atoms with E-state index in [4.69, 9.17) is 14.2 Å². The second-order valence-corrected chi connectivity index (χ2v) is 14.2. The zero-order chi connectivity index (χ0) is 37.4. The molecular weight excluding hydrogens is 675 g/mol. The van der Waals surface area contributed by atoms with Gasteiger partial charge in [0.25, 0.3) is 0 Å². The summed E-state index contributed by atoms with van der Waals surface area (Å²) in [7, 11) is 0. The number of fused-ring (bicyclic) bond motifs is 1. The average molecular weight is 720 g/mol. The Kier molecular flexibility index (Phi) is 11.5. The predicted molar refractivity (Wildman–Crippen MR) is 211 cm³/mol. The fourth-order valence-corrected chi connectivity index (χ4v) is 7.15. The van der Waals surface area contributed by atoms with Gasteiger partial charge in [-0.05, 0) is 154 Å². The van der Waals surface area contributed by atoms with E-state index in [1.807, 2.05) is 92.7 Å². The number of rotatable bonds is 12. The summed E-state index contributed by atoms with van der Waals surface area (Å²) in [6, 6.07) is 34.6. The quantitative estimate of drug-likeness (QED) is 0.0550. The van der Waals surface area contributed by atoms with Crippen LogP contribution in [-0.2, 0) is 6.42 Å². The van der Waals surface area contributed by atoms with Crippen LogP contribution in [0.15, 0.2) is 115 Å². The Morgan fingerprint density at radius 3 is 1.85 bits per heavy atom. The number of aryl methyl sites for hydroxylation is 3. The third kappa shape index (κ3) is 8.87. The number of ketones is 1.